The van der Waals surface area contributed by atoms with Crippen LogP contribution in [0.5, 0.6) is 0 Å². The molecule has 3 N–H and O–H groups in total. The smallest absolute Gasteiger partial charge is 0.274 e. The van der Waals surface area contributed by atoms with Crippen LogP contribution < -0.4 is 16.2 Å². The van der Waals surface area contributed by atoms with Crippen molar-refractivity contribution in [3.63, 3.8) is 0 Å². The van der Waals surface area contributed by atoms with E-state index in [4.69, 9.17) is 0 Å². The van der Waals surface area contributed by atoms with E-state index in [2.05, 4.69) is 37.5 Å². The summed E-state index contributed by atoms with van der Waals surface area (Å²) in [5, 5.41) is 16.7. The van der Waals surface area contributed by atoms with Gasteiger partial charge in [-0.25, -0.2) is 15.0 Å². The Morgan fingerprint density at radius 2 is 2.06 bits per heavy atom. The molecule has 9 nitrogen and oxygen atoms in total. The highest BCUT2D eigenvalue weighted by Crippen LogP contribution is 2.24. The molecule has 0 atom stereocenters. The summed E-state index contributed by atoms with van der Waals surface area (Å²) in [7, 11) is 3.89. The van der Waals surface area contributed by atoms with Gasteiger partial charge in [0.2, 0.25) is 5.95 Å². The molecule has 3 aromatic rings. The molecule has 0 amide bonds. The van der Waals surface area contributed by atoms with Crippen molar-refractivity contribution in [1.82, 2.24) is 24.4 Å². The van der Waals surface area contributed by atoms with Crippen molar-refractivity contribution < 1.29 is 5.11 Å². The second kappa shape index (κ2) is 8.24. The van der Waals surface area contributed by atoms with E-state index in [9.17, 15) is 9.90 Å². The summed E-state index contributed by atoms with van der Waals surface area (Å²) in [5.41, 5.74) is 2.94. The number of anilines is 3. The highest BCUT2D eigenvalue weighted by molar-refractivity contribution is 5.88. The van der Waals surface area contributed by atoms with Crippen LogP contribution in [0.2, 0.25) is 0 Å². The average molecular weight is 424 g/mol. The van der Waals surface area contributed by atoms with Crippen LogP contribution in [-0.2, 0) is 20.0 Å². The number of rotatable bonds is 6. The van der Waals surface area contributed by atoms with Crippen molar-refractivity contribution in [2.45, 2.75) is 26.8 Å². The number of aromatic nitrogens is 4. The minimum absolute atomic E-state index is 0.0589. The maximum absolute atomic E-state index is 12.9. The minimum atomic E-state index is -0.291. The van der Waals surface area contributed by atoms with Gasteiger partial charge < -0.3 is 25.2 Å². The van der Waals surface area contributed by atoms with Crippen LogP contribution in [0.1, 0.15) is 25.1 Å². The summed E-state index contributed by atoms with van der Waals surface area (Å²) in [5.74, 6) is 0.954. The lowest BCUT2D eigenvalue weighted by molar-refractivity contribution is 0.171. The quantitative estimate of drug-likeness (QED) is 0.552. The second-order valence-corrected chi connectivity index (χ2v) is 8.97. The van der Waals surface area contributed by atoms with Crippen molar-refractivity contribution >= 4 is 28.4 Å². The Labute approximate surface area is 181 Å². The Hall–Kier alpha value is -3.04. The number of nitrogens with one attached hydrogen (secondary N) is 2. The zero-order valence-electron chi connectivity index (χ0n) is 18.4. The van der Waals surface area contributed by atoms with Crippen LogP contribution >= 0.6 is 0 Å². The monoisotopic (exact) mass is 423 g/mol. The summed E-state index contributed by atoms with van der Waals surface area (Å²) in [6, 6.07) is 3.75. The number of pyridine rings is 2. The average Bonchev–Trinajstić information content (AvgIpc) is 2.75. The van der Waals surface area contributed by atoms with Gasteiger partial charge in [-0.15, -0.1) is 0 Å². The Morgan fingerprint density at radius 1 is 1.26 bits per heavy atom. The lowest BCUT2D eigenvalue weighted by Gasteiger charge is -2.27. The van der Waals surface area contributed by atoms with E-state index in [0.717, 1.165) is 36.2 Å². The van der Waals surface area contributed by atoms with E-state index in [-0.39, 0.29) is 17.6 Å². The van der Waals surface area contributed by atoms with Gasteiger partial charge in [0.25, 0.3) is 5.56 Å². The summed E-state index contributed by atoms with van der Waals surface area (Å²) in [4.78, 5) is 28.5. The predicted octanol–water partition coefficient (Wildman–Crippen LogP) is 1.89. The van der Waals surface area contributed by atoms with E-state index in [0.29, 0.717) is 29.5 Å². The van der Waals surface area contributed by atoms with Crippen molar-refractivity contribution in [2.75, 3.05) is 37.4 Å². The number of hydrogen-bond donors (Lipinski definition) is 3. The standard InChI is InChI=1S/C22H29N7O2/c1-22(2,13-30)12-25-19-18-14(5-7-23-19)10-24-21(27-18)26-16-9-15-11-28(3)8-6-17(15)29(4)20(16)31/h5,7,9-10,30H,6,8,11-13H2,1-4H3,(H,23,25)(H,24,26,27). The molecule has 4 rings (SSSR count). The van der Waals surface area contributed by atoms with Crippen molar-refractivity contribution in [3.8, 4) is 0 Å². The van der Waals surface area contributed by atoms with E-state index in [1.165, 1.54) is 0 Å². The van der Waals surface area contributed by atoms with Crippen molar-refractivity contribution in [1.29, 1.82) is 0 Å². The Kier molecular flexibility index (Phi) is 5.63. The highest BCUT2D eigenvalue weighted by Gasteiger charge is 2.20. The van der Waals surface area contributed by atoms with E-state index < -0.39 is 0 Å². The third-order valence-corrected chi connectivity index (χ3v) is 5.71. The molecule has 31 heavy (non-hydrogen) atoms. The molecule has 9 heteroatoms. The molecule has 0 aromatic carbocycles. The fourth-order valence-corrected chi connectivity index (χ4v) is 3.70. The summed E-state index contributed by atoms with van der Waals surface area (Å²) in [6.45, 7) is 6.28. The van der Waals surface area contributed by atoms with Gasteiger partial charge in [0, 0.05) is 68.6 Å². The fraction of sp³-hybridized carbons (Fsp3) is 0.455. The molecule has 0 fully saturated rings. The van der Waals surface area contributed by atoms with Crippen LogP contribution in [-0.4, -0.2) is 56.3 Å². The molecule has 4 heterocycles. The molecule has 0 saturated carbocycles. The minimum Gasteiger partial charge on any atom is -0.396 e. The number of aliphatic hydroxyl groups excluding tert-OH is 1. The number of aliphatic hydroxyl groups is 1. The summed E-state index contributed by atoms with van der Waals surface area (Å²) in [6.07, 6.45) is 4.27. The third-order valence-electron chi connectivity index (χ3n) is 5.71. The first-order valence-corrected chi connectivity index (χ1v) is 10.4. The van der Waals surface area contributed by atoms with E-state index in [1.807, 2.05) is 33.0 Å². The predicted molar refractivity (Wildman–Crippen MR) is 122 cm³/mol. The maximum atomic E-state index is 12.9. The number of nitrogens with zero attached hydrogens (tertiary/aromatic N) is 5. The Bertz CT molecular complexity index is 1170. The van der Waals surface area contributed by atoms with Gasteiger partial charge in [0.1, 0.15) is 11.2 Å². The first-order chi connectivity index (χ1) is 14.8. The summed E-state index contributed by atoms with van der Waals surface area (Å²) >= 11 is 0. The van der Waals surface area contributed by atoms with Crippen LogP contribution in [0, 0.1) is 5.41 Å². The van der Waals surface area contributed by atoms with Gasteiger partial charge in [-0.1, -0.05) is 13.8 Å². The zero-order valence-corrected chi connectivity index (χ0v) is 18.4. The molecular formula is C22H29N7O2. The molecule has 1 aliphatic rings. The van der Waals surface area contributed by atoms with E-state index in [1.54, 1.807) is 17.0 Å². The van der Waals surface area contributed by atoms with Gasteiger partial charge in [0.15, 0.2) is 5.82 Å². The van der Waals surface area contributed by atoms with Gasteiger partial charge in [0.05, 0.1) is 0 Å². The van der Waals surface area contributed by atoms with Crippen molar-refractivity contribution in [2.24, 2.45) is 12.5 Å². The maximum Gasteiger partial charge on any atom is 0.274 e. The first-order valence-electron chi connectivity index (χ1n) is 10.4. The molecule has 0 radical (unpaired) electrons. The molecule has 0 saturated heterocycles. The molecule has 0 aliphatic carbocycles. The van der Waals surface area contributed by atoms with Crippen LogP contribution in [0.4, 0.5) is 17.5 Å². The Morgan fingerprint density at radius 3 is 2.84 bits per heavy atom. The fourth-order valence-electron chi connectivity index (χ4n) is 3.70. The number of fused-ring (bicyclic) bond motifs is 2. The van der Waals surface area contributed by atoms with Crippen LogP contribution in [0.3, 0.4) is 0 Å². The number of hydrogen-bond acceptors (Lipinski definition) is 8. The van der Waals surface area contributed by atoms with E-state index >= 15 is 0 Å². The van der Waals surface area contributed by atoms with Crippen molar-refractivity contribution in [3.05, 3.63) is 46.1 Å². The molecule has 3 aromatic heterocycles. The molecule has 164 valence electrons. The zero-order chi connectivity index (χ0) is 22.2. The lowest BCUT2D eigenvalue weighted by atomic mass is 9.95. The van der Waals surface area contributed by atoms with Crippen LogP contribution in [0.15, 0.2) is 29.3 Å². The molecular weight excluding hydrogens is 394 g/mol. The largest absolute Gasteiger partial charge is 0.396 e. The third kappa shape index (κ3) is 4.38. The number of likely N-dealkylation sites (N-methyl/N-ethyl adjacent to an activating group) is 1. The molecule has 1 aliphatic heterocycles. The molecule has 0 spiro atoms. The lowest BCUT2D eigenvalue weighted by Crippen LogP contribution is -2.33. The van der Waals surface area contributed by atoms with Crippen LogP contribution in [0.25, 0.3) is 10.9 Å². The van der Waals surface area contributed by atoms with Gasteiger partial charge in [-0.2, -0.15) is 0 Å². The summed E-state index contributed by atoms with van der Waals surface area (Å²) < 4.78 is 1.72. The highest BCUT2D eigenvalue weighted by atomic mass is 16.3. The van der Waals surface area contributed by atoms with Gasteiger partial charge in [-0.3, -0.25) is 4.79 Å². The second-order valence-electron chi connectivity index (χ2n) is 8.97. The molecule has 0 unspecified atom stereocenters. The Balaban J connectivity index is 1.67. The van der Waals surface area contributed by atoms with Gasteiger partial charge in [-0.05, 0) is 24.7 Å². The SMILES string of the molecule is CN1CCc2c(cc(Nc3ncc4ccnc(NCC(C)(C)CO)c4n3)c(=O)n2C)C1. The van der Waals surface area contributed by atoms with Gasteiger partial charge >= 0.3 is 0 Å². The molecule has 0 bridgehead atoms. The first kappa shape index (κ1) is 21.2. The topological polar surface area (TPSA) is 108 Å². The normalized spacial score (nSPS) is 14.5.